The minimum atomic E-state index is -0.315. The molecule has 0 saturated heterocycles. The topological polar surface area (TPSA) is 59.4 Å². The lowest BCUT2D eigenvalue weighted by Crippen LogP contribution is -2.35. The first-order chi connectivity index (χ1) is 14.3. The minimum absolute atomic E-state index is 0.0575. The Kier molecular flexibility index (Phi) is 6.52. The number of nitrogens with one attached hydrogen (secondary N) is 1. The Morgan fingerprint density at radius 1 is 1.17 bits per heavy atom. The first kappa shape index (κ1) is 21.5. The maximum atomic E-state index is 13.2. The summed E-state index contributed by atoms with van der Waals surface area (Å²) in [6.45, 7) is 4.04. The van der Waals surface area contributed by atoms with Crippen LogP contribution in [0, 0.1) is 19.7 Å². The number of rotatable bonds is 7. The van der Waals surface area contributed by atoms with Gasteiger partial charge in [-0.15, -0.1) is 0 Å². The number of carbonyl (C=O) groups is 1. The van der Waals surface area contributed by atoms with E-state index >= 15 is 0 Å². The first-order valence-electron chi connectivity index (χ1n) is 9.73. The zero-order valence-electron chi connectivity index (χ0n) is 17.9. The largest absolute Gasteiger partial charge is 0.496 e. The fourth-order valence-corrected chi connectivity index (χ4v) is 3.60. The molecule has 6 nitrogen and oxygen atoms in total. The number of aryl methyl sites for hydroxylation is 1. The third-order valence-corrected chi connectivity index (χ3v) is 5.17. The van der Waals surface area contributed by atoms with Crippen LogP contribution in [0.3, 0.4) is 0 Å². The van der Waals surface area contributed by atoms with E-state index < -0.39 is 0 Å². The van der Waals surface area contributed by atoms with Crippen LogP contribution in [-0.2, 0) is 0 Å². The smallest absolute Gasteiger partial charge is 0.255 e. The predicted octanol–water partition coefficient (Wildman–Crippen LogP) is 3.67. The molecular weight excluding hydrogens is 383 g/mol. The van der Waals surface area contributed by atoms with Gasteiger partial charge in [-0.2, -0.15) is 5.10 Å². The van der Waals surface area contributed by atoms with Crippen LogP contribution < -0.4 is 10.1 Å². The Bertz CT molecular complexity index is 1030. The van der Waals surface area contributed by atoms with Gasteiger partial charge >= 0.3 is 0 Å². The monoisotopic (exact) mass is 410 g/mol. The van der Waals surface area contributed by atoms with E-state index in [4.69, 9.17) is 4.74 Å². The molecule has 1 atom stereocenters. The molecule has 1 heterocycles. The molecule has 0 saturated carbocycles. The summed E-state index contributed by atoms with van der Waals surface area (Å²) in [5.74, 6) is 0.270. The maximum absolute atomic E-state index is 13.2. The minimum Gasteiger partial charge on any atom is -0.496 e. The molecule has 2 aromatic carbocycles. The molecule has 1 N–H and O–H groups in total. The van der Waals surface area contributed by atoms with Crippen molar-refractivity contribution in [3.8, 4) is 11.4 Å². The van der Waals surface area contributed by atoms with E-state index in [0.717, 1.165) is 11.3 Å². The summed E-state index contributed by atoms with van der Waals surface area (Å²) in [7, 11) is 5.57. The SMILES string of the molecule is COc1ccccc1C(CNC(=O)c1c(C)nn(-c2ccc(F)cc2)c1C)N(C)C. The Hall–Kier alpha value is -3.19. The number of carbonyl (C=O) groups excluding carboxylic acids is 1. The van der Waals surface area contributed by atoms with E-state index in [1.54, 1.807) is 30.8 Å². The molecule has 0 aliphatic rings. The van der Waals surface area contributed by atoms with Crippen molar-refractivity contribution in [2.45, 2.75) is 19.9 Å². The third kappa shape index (κ3) is 4.36. The van der Waals surface area contributed by atoms with Gasteiger partial charge in [0.2, 0.25) is 0 Å². The number of nitrogens with zero attached hydrogens (tertiary/aromatic N) is 3. The number of benzene rings is 2. The Labute approximate surface area is 176 Å². The van der Waals surface area contributed by atoms with Crippen molar-refractivity contribution in [3.63, 3.8) is 0 Å². The number of para-hydroxylation sites is 1. The summed E-state index contributed by atoms with van der Waals surface area (Å²) in [5, 5.41) is 7.52. The quantitative estimate of drug-likeness (QED) is 0.646. The maximum Gasteiger partial charge on any atom is 0.255 e. The van der Waals surface area contributed by atoms with Crippen LogP contribution in [0.25, 0.3) is 5.69 Å². The number of likely N-dealkylation sites (N-methyl/N-ethyl adjacent to an activating group) is 1. The summed E-state index contributed by atoms with van der Waals surface area (Å²) in [6, 6.07) is 13.8. The summed E-state index contributed by atoms with van der Waals surface area (Å²) in [4.78, 5) is 15.1. The van der Waals surface area contributed by atoms with Crippen molar-refractivity contribution in [2.75, 3.05) is 27.7 Å². The lowest BCUT2D eigenvalue weighted by Gasteiger charge is -2.26. The van der Waals surface area contributed by atoms with E-state index in [9.17, 15) is 9.18 Å². The first-order valence-corrected chi connectivity index (χ1v) is 9.73. The van der Waals surface area contributed by atoms with Crippen molar-refractivity contribution in [3.05, 3.63) is 76.9 Å². The fourth-order valence-electron chi connectivity index (χ4n) is 3.60. The van der Waals surface area contributed by atoms with E-state index in [1.807, 2.05) is 50.2 Å². The van der Waals surface area contributed by atoms with Crippen LogP contribution in [0.2, 0.25) is 0 Å². The molecule has 30 heavy (non-hydrogen) atoms. The van der Waals surface area contributed by atoms with Gasteiger partial charge in [-0.1, -0.05) is 18.2 Å². The Morgan fingerprint density at radius 3 is 2.47 bits per heavy atom. The molecule has 0 spiro atoms. The molecule has 0 bridgehead atoms. The van der Waals surface area contributed by atoms with Crippen LogP contribution in [0.5, 0.6) is 5.75 Å². The summed E-state index contributed by atoms with van der Waals surface area (Å²) in [6.07, 6.45) is 0. The number of amides is 1. The number of hydrogen-bond acceptors (Lipinski definition) is 4. The molecule has 3 aromatic rings. The molecule has 1 aromatic heterocycles. The van der Waals surface area contributed by atoms with Gasteiger partial charge < -0.3 is 15.0 Å². The highest BCUT2D eigenvalue weighted by atomic mass is 19.1. The second-order valence-corrected chi connectivity index (χ2v) is 7.37. The standard InChI is InChI=1S/C23H27FN4O2/c1-15-22(16(2)28(26-15)18-12-10-17(24)11-13-18)23(29)25-14-20(27(3)4)19-8-6-7-9-21(19)30-5/h6-13,20H,14H2,1-5H3,(H,25,29). The highest BCUT2D eigenvalue weighted by Gasteiger charge is 2.23. The predicted molar refractivity (Wildman–Crippen MR) is 115 cm³/mol. The molecule has 0 radical (unpaired) electrons. The average Bonchev–Trinajstić information content (AvgIpc) is 3.02. The highest BCUT2D eigenvalue weighted by Crippen LogP contribution is 2.27. The fraction of sp³-hybridized carbons (Fsp3) is 0.304. The molecule has 7 heteroatoms. The molecule has 1 unspecified atom stereocenters. The number of hydrogen-bond donors (Lipinski definition) is 1. The average molecular weight is 410 g/mol. The van der Waals surface area contributed by atoms with E-state index in [0.29, 0.717) is 29.2 Å². The molecule has 158 valence electrons. The summed E-state index contributed by atoms with van der Waals surface area (Å²) < 4.78 is 20.4. The van der Waals surface area contributed by atoms with Crippen LogP contribution in [0.15, 0.2) is 48.5 Å². The van der Waals surface area contributed by atoms with Gasteiger partial charge in [0.1, 0.15) is 11.6 Å². The number of halogens is 1. The van der Waals surface area contributed by atoms with Gasteiger partial charge in [0.25, 0.3) is 5.91 Å². The number of methoxy groups -OCH3 is 1. The van der Waals surface area contributed by atoms with Crippen molar-refractivity contribution >= 4 is 5.91 Å². The van der Waals surface area contributed by atoms with Crippen molar-refractivity contribution in [1.82, 2.24) is 20.0 Å². The Morgan fingerprint density at radius 2 is 1.83 bits per heavy atom. The van der Waals surface area contributed by atoms with E-state index in [1.165, 1.54) is 12.1 Å². The second-order valence-electron chi connectivity index (χ2n) is 7.37. The lowest BCUT2D eigenvalue weighted by molar-refractivity contribution is 0.0940. The van der Waals surface area contributed by atoms with Crippen molar-refractivity contribution < 1.29 is 13.9 Å². The van der Waals surface area contributed by atoms with E-state index in [2.05, 4.69) is 10.4 Å². The third-order valence-electron chi connectivity index (χ3n) is 5.17. The number of ether oxygens (including phenoxy) is 1. The normalized spacial score (nSPS) is 12.1. The second kappa shape index (κ2) is 9.09. The summed E-state index contributed by atoms with van der Waals surface area (Å²) >= 11 is 0. The van der Waals surface area contributed by atoms with Crippen molar-refractivity contribution in [1.29, 1.82) is 0 Å². The van der Waals surface area contributed by atoms with E-state index in [-0.39, 0.29) is 17.8 Å². The molecule has 0 aliphatic carbocycles. The van der Waals surface area contributed by atoms with Crippen LogP contribution in [0.4, 0.5) is 4.39 Å². The molecule has 0 fully saturated rings. The van der Waals surface area contributed by atoms with Crippen LogP contribution in [-0.4, -0.2) is 48.3 Å². The van der Waals surface area contributed by atoms with Gasteiger partial charge in [-0.25, -0.2) is 9.07 Å². The van der Waals surface area contributed by atoms with Gasteiger partial charge in [0.15, 0.2) is 0 Å². The van der Waals surface area contributed by atoms with Crippen LogP contribution >= 0.6 is 0 Å². The van der Waals surface area contributed by atoms with Gasteiger partial charge in [0.05, 0.1) is 35.8 Å². The zero-order chi connectivity index (χ0) is 21.8. The number of aromatic nitrogens is 2. The van der Waals surface area contributed by atoms with Gasteiger partial charge in [-0.3, -0.25) is 4.79 Å². The highest BCUT2D eigenvalue weighted by molar-refractivity contribution is 5.96. The van der Waals surface area contributed by atoms with Crippen LogP contribution in [0.1, 0.15) is 33.4 Å². The molecule has 0 aliphatic heterocycles. The zero-order valence-corrected chi connectivity index (χ0v) is 17.9. The summed E-state index contributed by atoms with van der Waals surface area (Å²) in [5.41, 5.74) is 3.55. The lowest BCUT2D eigenvalue weighted by atomic mass is 10.0. The van der Waals surface area contributed by atoms with Gasteiger partial charge in [-0.05, 0) is 58.3 Å². The molecule has 1 amide bonds. The molecular formula is C23H27FN4O2. The van der Waals surface area contributed by atoms with Gasteiger partial charge in [0, 0.05) is 12.1 Å². The van der Waals surface area contributed by atoms with Crippen molar-refractivity contribution in [2.24, 2.45) is 0 Å². The Balaban J connectivity index is 1.82. The molecule has 3 rings (SSSR count).